The number of benzene rings is 1. The Hall–Kier alpha value is -2.66. The molecule has 35 heavy (non-hydrogen) atoms. The number of aromatic nitrogens is 2. The smallest absolute Gasteiger partial charge is 0.256 e. The van der Waals surface area contributed by atoms with Gasteiger partial charge in [0.1, 0.15) is 17.1 Å². The lowest BCUT2D eigenvalue weighted by molar-refractivity contribution is -0.0175. The minimum atomic E-state index is -0.274. The van der Waals surface area contributed by atoms with E-state index in [0.717, 1.165) is 38.0 Å². The Balaban J connectivity index is 1.52. The maximum Gasteiger partial charge on any atom is 0.256 e. The average Bonchev–Trinajstić information content (AvgIpc) is 3.35. The van der Waals surface area contributed by atoms with Crippen molar-refractivity contribution in [3.05, 3.63) is 40.5 Å². The summed E-state index contributed by atoms with van der Waals surface area (Å²) in [5.74, 6) is 1.23. The van der Waals surface area contributed by atoms with Gasteiger partial charge in [0.15, 0.2) is 0 Å². The summed E-state index contributed by atoms with van der Waals surface area (Å²) in [4.78, 5) is 26.4. The predicted molar refractivity (Wildman–Crippen MR) is 134 cm³/mol. The van der Waals surface area contributed by atoms with Crippen molar-refractivity contribution >= 4 is 29.3 Å². The summed E-state index contributed by atoms with van der Waals surface area (Å²) >= 11 is 6.27. The highest BCUT2D eigenvalue weighted by Gasteiger charge is 2.27. The lowest BCUT2D eigenvalue weighted by Crippen LogP contribution is -2.46. The third kappa shape index (κ3) is 6.32. The highest BCUT2D eigenvalue weighted by Crippen LogP contribution is 2.27. The summed E-state index contributed by atoms with van der Waals surface area (Å²) < 4.78 is 11.0. The van der Waals surface area contributed by atoms with Crippen molar-refractivity contribution in [1.29, 1.82) is 0 Å². The number of anilines is 2. The third-order valence-electron chi connectivity index (χ3n) is 6.37. The molecule has 2 fully saturated rings. The number of amides is 1. The second-order valence-corrected chi connectivity index (χ2v) is 9.30. The first-order valence-electron chi connectivity index (χ1n) is 11.9. The Morgan fingerprint density at radius 2 is 2.23 bits per heavy atom. The highest BCUT2D eigenvalue weighted by molar-refractivity contribution is 6.32. The number of nitrogens with one attached hydrogen (secondary N) is 2. The van der Waals surface area contributed by atoms with Gasteiger partial charge in [-0.2, -0.15) is 4.98 Å². The van der Waals surface area contributed by atoms with E-state index < -0.39 is 0 Å². The van der Waals surface area contributed by atoms with Crippen molar-refractivity contribution in [2.45, 2.75) is 31.5 Å². The first-order valence-corrected chi connectivity index (χ1v) is 12.3. The second kappa shape index (κ2) is 11.9. The van der Waals surface area contributed by atoms with Gasteiger partial charge in [0.05, 0.1) is 37.5 Å². The summed E-state index contributed by atoms with van der Waals surface area (Å²) in [6.45, 7) is 3.89. The number of likely N-dealkylation sites (N-methyl/N-ethyl adjacent to an activating group) is 1. The molecule has 2 aliphatic heterocycles. The van der Waals surface area contributed by atoms with Crippen molar-refractivity contribution in [3.63, 3.8) is 0 Å². The van der Waals surface area contributed by atoms with Gasteiger partial charge in [-0.3, -0.25) is 4.79 Å². The normalized spacial score (nSPS) is 20.6. The number of ether oxygens (including phenoxy) is 2. The lowest BCUT2D eigenvalue weighted by Gasteiger charge is -2.30. The van der Waals surface area contributed by atoms with Crippen LogP contribution in [0.4, 0.5) is 11.8 Å². The lowest BCUT2D eigenvalue weighted by atomic mass is 10.2. The van der Waals surface area contributed by atoms with Gasteiger partial charge in [-0.1, -0.05) is 17.7 Å². The molecule has 0 spiro atoms. The molecule has 0 aliphatic carbocycles. The third-order valence-corrected chi connectivity index (χ3v) is 6.67. The predicted octanol–water partition coefficient (Wildman–Crippen LogP) is 1.77. The van der Waals surface area contributed by atoms with E-state index in [0.29, 0.717) is 47.8 Å². The van der Waals surface area contributed by atoms with Gasteiger partial charge in [0.25, 0.3) is 5.91 Å². The molecule has 10 nitrogen and oxygen atoms in total. The number of aliphatic hydroxyl groups excluding tert-OH is 1. The number of rotatable bonds is 9. The van der Waals surface area contributed by atoms with Crippen LogP contribution in [0.2, 0.25) is 5.02 Å². The molecule has 4 rings (SSSR count). The van der Waals surface area contributed by atoms with Gasteiger partial charge in [-0.25, -0.2) is 4.98 Å². The molecule has 190 valence electrons. The number of hydrogen-bond acceptors (Lipinski definition) is 9. The van der Waals surface area contributed by atoms with Crippen molar-refractivity contribution in [3.8, 4) is 5.75 Å². The zero-order chi connectivity index (χ0) is 24.8. The highest BCUT2D eigenvalue weighted by atomic mass is 35.5. The largest absolute Gasteiger partial charge is 0.495 e. The summed E-state index contributed by atoms with van der Waals surface area (Å²) in [6, 6.07) is 5.49. The topological polar surface area (TPSA) is 112 Å². The summed E-state index contributed by atoms with van der Waals surface area (Å²) in [5, 5.41) is 16.5. The monoisotopic (exact) mass is 504 g/mol. The quantitative estimate of drug-likeness (QED) is 0.470. The van der Waals surface area contributed by atoms with Crippen LogP contribution in [0.1, 0.15) is 28.8 Å². The Morgan fingerprint density at radius 3 is 2.97 bits per heavy atom. The minimum absolute atomic E-state index is 0.0247. The molecule has 1 amide bonds. The van der Waals surface area contributed by atoms with E-state index in [1.165, 1.54) is 0 Å². The van der Waals surface area contributed by atoms with E-state index >= 15 is 0 Å². The number of methoxy groups -OCH3 is 1. The summed E-state index contributed by atoms with van der Waals surface area (Å²) in [6.07, 6.45) is 3.32. The van der Waals surface area contributed by atoms with Gasteiger partial charge < -0.3 is 35.0 Å². The van der Waals surface area contributed by atoms with Crippen LogP contribution in [-0.2, 0) is 11.3 Å². The maximum atomic E-state index is 13.1. The molecule has 1 aromatic carbocycles. The van der Waals surface area contributed by atoms with E-state index in [1.807, 2.05) is 24.1 Å². The Bertz CT molecular complexity index is 1030. The molecule has 2 aliphatic rings. The molecule has 2 atom stereocenters. The molecular weight excluding hydrogens is 472 g/mol. The number of morpholine rings is 1. The van der Waals surface area contributed by atoms with Gasteiger partial charge in [0.2, 0.25) is 5.95 Å². The van der Waals surface area contributed by atoms with Crippen molar-refractivity contribution in [1.82, 2.24) is 20.2 Å². The minimum Gasteiger partial charge on any atom is -0.495 e. The SMILES string of the molecule is COc1ccc(CNc2nc(N3CCC[C@H]3CO)ncc2C(=O)NC[C@@H]2CN(C)CCO2)cc1Cl. The molecule has 3 N–H and O–H groups in total. The van der Waals surface area contributed by atoms with Crippen LogP contribution in [0.25, 0.3) is 0 Å². The zero-order valence-corrected chi connectivity index (χ0v) is 20.9. The van der Waals surface area contributed by atoms with Crippen molar-refractivity contribution in [2.24, 2.45) is 0 Å². The first-order chi connectivity index (χ1) is 17.0. The van der Waals surface area contributed by atoms with Gasteiger partial charge >= 0.3 is 0 Å². The van der Waals surface area contributed by atoms with Gasteiger partial charge in [-0.15, -0.1) is 0 Å². The molecule has 0 unspecified atom stereocenters. The molecule has 11 heteroatoms. The molecule has 2 aromatic rings. The molecule has 1 aromatic heterocycles. The Morgan fingerprint density at radius 1 is 1.37 bits per heavy atom. The van der Waals surface area contributed by atoms with E-state index in [2.05, 4.69) is 25.5 Å². The number of hydrogen-bond donors (Lipinski definition) is 3. The van der Waals surface area contributed by atoms with Crippen molar-refractivity contribution < 1.29 is 19.4 Å². The number of carbonyl (C=O) groups is 1. The van der Waals surface area contributed by atoms with Crippen LogP contribution in [0.5, 0.6) is 5.75 Å². The molecule has 0 bridgehead atoms. The average molecular weight is 505 g/mol. The van der Waals surface area contributed by atoms with Gasteiger partial charge in [0, 0.05) is 38.9 Å². The zero-order valence-electron chi connectivity index (χ0n) is 20.2. The van der Waals surface area contributed by atoms with E-state index in [1.54, 1.807) is 19.4 Å². The fraction of sp³-hybridized carbons (Fsp3) is 0.542. The molecular formula is C24H33ClN6O4. The Labute approximate surface area is 210 Å². The fourth-order valence-electron chi connectivity index (χ4n) is 4.40. The van der Waals surface area contributed by atoms with E-state index in [-0.39, 0.29) is 24.7 Å². The van der Waals surface area contributed by atoms with Crippen molar-refractivity contribution in [2.75, 3.05) is 63.8 Å². The van der Waals surface area contributed by atoms with Gasteiger partial charge in [-0.05, 0) is 37.6 Å². The second-order valence-electron chi connectivity index (χ2n) is 8.89. The van der Waals surface area contributed by atoms with E-state index in [4.69, 9.17) is 21.1 Å². The first kappa shape index (κ1) is 25.4. The van der Waals surface area contributed by atoms with Crippen LogP contribution < -0.4 is 20.3 Å². The van der Waals surface area contributed by atoms with Crippen LogP contribution in [-0.4, -0.2) is 91.6 Å². The fourth-order valence-corrected chi connectivity index (χ4v) is 4.68. The van der Waals surface area contributed by atoms with Crippen LogP contribution in [0.3, 0.4) is 0 Å². The number of aliphatic hydroxyl groups is 1. The molecule has 3 heterocycles. The van der Waals surface area contributed by atoms with Crippen LogP contribution in [0, 0.1) is 0 Å². The maximum absolute atomic E-state index is 13.1. The number of nitrogens with zero attached hydrogens (tertiary/aromatic N) is 4. The molecule has 2 saturated heterocycles. The van der Waals surface area contributed by atoms with Crippen LogP contribution in [0.15, 0.2) is 24.4 Å². The summed E-state index contributed by atoms with van der Waals surface area (Å²) in [7, 11) is 3.61. The standard InChI is InChI=1S/C24H33ClN6O4/c1-30-8-9-35-18(14-30)12-27-23(33)19-13-28-24(31-7-3-4-17(31)15-32)29-22(19)26-11-16-5-6-21(34-2)20(25)10-16/h5-6,10,13,17-18,32H,3-4,7-9,11-12,14-15H2,1-2H3,(H,27,33)(H,26,28,29)/t17-,18+/m0/s1. The number of halogens is 1. The number of carbonyl (C=O) groups excluding carboxylic acids is 1. The molecule has 0 saturated carbocycles. The summed E-state index contributed by atoms with van der Waals surface area (Å²) in [5.41, 5.74) is 1.26. The Kier molecular flexibility index (Phi) is 8.61. The van der Waals surface area contributed by atoms with E-state index in [9.17, 15) is 9.90 Å². The molecule has 0 radical (unpaired) electrons. The van der Waals surface area contributed by atoms with Crippen LogP contribution >= 0.6 is 11.6 Å².